The number of alkyl halides is 3. The predicted octanol–water partition coefficient (Wildman–Crippen LogP) is 2.16. The third-order valence-corrected chi connectivity index (χ3v) is 7.63. The van der Waals surface area contributed by atoms with Crippen molar-refractivity contribution < 1.29 is 32.2 Å². The molecule has 11 heteroatoms. The Morgan fingerprint density at radius 1 is 1.24 bits per heavy atom. The van der Waals surface area contributed by atoms with Gasteiger partial charge < -0.3 is 19.6 Å². The van der Waals surface area contributed by atoms with E-state index in [4.69, 9.17) is 19.5 Å². The van der Waals surface area contributed by atoms with Crippen molar-refractivity contribution in [1.29, 1.82) is 5.26 Å². The molecule has 4 fully saturated rings. The average Bonchev–Trinajstić information content (AvgIpc) is 3.37. The van der Waals surface area contributed by atoms with Crippen LogP contribution in [0.15, 0.2) is 30.0 Å². The van der Waals surface area contributed by atoms with Gasteiger partial charge in [0.1, 0.15) is 11.8 Å². The van der Waals surface area contributed by atoms with E-state index in [9.17, 15) is 18.0 Å². The average molecular weight is 476 g/mol. The van der Waals surface area contributed by atoms with Crippen LogP contribution in [0.3, 0.4) is 0 Å². The zero-order valence-corrected chi connectivity index (χ0v) is 18.4. The van der Waals surface area contributed by atoms with Crippen LogP contribution in [0.2, 0.25) is 0 Å². The Hall–Kier alpha value is -2.65. The zero-order valence-electron chi connectivity index (χ0n) is 18.4. The van der Waals surface area contributed by atoms with Crippen LogP contribution < -0.4 is 10.3 Å². The van der Waals surface area contributed by atoms with Crippen LogP contribution in [0, 0.1) is 23.2 Å². The first-order valence-corrected chi connectivity index (χ1v) is 11.3. The molecule has 0 aromatic heterocycles. The van der Waals surface area contributed by atoms with Crippen molar-refractivity contribution in [3.05, 3.63) is 41.1 Å². The monoisotopic (exact) mass is 476 g/mol. The third kappa shape index (κ3) is 2.89. The molecule has 1 spiro atoms. The van der Waals surface area contributed by atoms with Gasteiger partial charge in [-0.3, -0.25) is 9.69 Å². The number of amides is 1. The van der Waals surface area contributed by atoms with Gasteiger partial charge in [0.05, 0.1) is 60.2 Å². The maximum atomic E-state index is 13.7. The molecule has 1 amide bonds. The molecule has 0 unspecified atom stereocenters. The number of nitriles is 1. The van der Waals surface area contributed by atoms with E-state index < -0.39 is 40.7 Å². The van der Waals surface area contributed by atoms with Crippen LogP contribution in [0.4, 0.5) is 18.9 Å². The second kappa shape index (κ2) is 7.18. The Balaban J connectivity index is 1.38. The quantitative estimate of drug-likeness (QED) is 0.716. The van der Waals surface area contributed by atoms with Crippen molar-refractivity contribution in [2.24, 2.45) is 11.8 Å². The number of halogens is 3. The number of fused-ring (bicyclic) bond motifs is 2. The van der Waals surface area contributed by atoms with Gasteiger partial charge in [0.15, 0.2) is 0 Å². The van der Waals surface area contributed by atoms with Gasteiger partial charge in [-0.15, -0.1) is 0 Å². The lowest BCUT2D eigenvalue weighted by Gasteiger charge is -2.44. The normalized spacial score (nSPS) is 36.9. The Bertz CT molecular complexity index is 1130. The molecule has 0 radical (unpaired) electrons. The van der Waals surface area contributed by atoms with Gasteiger partial charge in [-0.05, 0) is 31.2 Å². The number of hydrogen-bond donors (Lipinski definition) is 1. The number of hydrazine groups is 1. The van der Waals surface area contributed by atoms with E-state index in [1.54, 1.807) is 6.07 Å². The first-order valence-electron chi connectivity index (χ1n) is 11.3. The number of anilines is 1. The summed E-state index contributed by atoms with van der Waals surface area (Å²) in [4.78, 5) is 15.0. The fraction of sp³-hybridized carbons (Fsp3) is 0.565. The summed E-state index contributed by atoms with van der Waals surface area (Å²) in [6.45, 7) is 4.76. The summed E-state index contributed by atoms with van der Waals surface area (Å²) >= 11 is 0. The predicted molar refractivity (Wildman–Crippen MR) is 111 cm³/mol. The molecule has 5 aliphatic heterocycles. The molecular formula is C23H23F3N4O4. The van der Waals surface area contributed by atoms with Gasteiger partial charge in [0.25, 0.3) is 0 Å². The van der Waals surface area contributed by atoms with Gasteiger partial charge in [-0.2, -0.15) is 18.4 Å². The zero-order chi connectivity index (χ0) is 23.9. The molecule has 1 N–H and O–H groups in total. The van der Waals surface area contributed by atoms with E-state index in [-0.39, 0.29) is 24.1 Å². The van der Waals surface area contributed by atoms with E-state index in [2.05, 4.69) is 10.4 Å². The smallest absolute Gasteiger partial charge is 0.379 e. The number of carbonyl (C=O) groups excluding carboxylic acids is 1. The Morgan fingerprint density at radius 3 is 2.71 bits per heavy atom. The number of morpholine rings is 1. The van der Waals surface area contributed by atoms with E-state index in [1.165, 1.54) is 11.0 Å². The minimum Gasteiger partial charge on any atom is -0.379 e. The highest BCUT2D eigenvalue weighted by atomic mass is 19.4. The van der Waals surface area contributed by atoms with Crippen LogP contribution in [-0.2, 0) is 25.2 Å². The second-order valence-corrected chi connectivity index (χ2v) is 9.51. The third-order valence-electron chi connectivity index (χ3n) is 7.63. The van der Waals surface area contributed by atoms with Gasteiger partial charge >= 0.3 is 6.18 Å². The maximum absolute atomic E-state index is 13.7. The number of nitrogens with zero attached hydrogens (tertiary/aromatic N) is 3. The molecule has 1 aromatic carbocycles. The highest BCUT2D eigenvalue weighted by Crippen LogP contribution is 2.64. The number of benzene rings is 1. The number of rotatable bonds is 3. The lowest BCUT2D eigenvalue weighted by atomic mass is 9.68. The SMILES string of the molecule is C[C@@]12C=C(NN3CCOCC3)[C@]3(CCO[C@H]4[C@@H]3[C@@H]1C(=O)N4c1ccc(C#N)c(C(F)(F)F)c1)O2. The van der Waals surface area contributed by atoms with Gasteiger partial charge in [0.2, 0.25) is 5.91 Å². The molecule has 180 valence electrons. The molecule has 0 saturated carbocycles. The molecule has 5 heterocycles. The first kappa shape index (κ1) is 21.9. The summed E-state index contributed by atoms with van der Waals surface area (Å²) in [6, 6.07) is 4.94. The summed E-state index contributed by atoms with van der Waals surface area (Å²) in [6.07, 6.45) is -3.00. The fourth-order valence-corrected chi connectivity index (χ4v) is 6.26. The number of hydrogen-bond acceptors (Lipinski definition) is 7. The molecule has 34 heavy (non-hydrogen) atoms. The van der Waals surface area contributed by atoms with Crippen LogP contribution in [0.5, 0.6) is 0 Å². The molecule has 2 bridgehead atoms. The Kier molecular flexibility index (Phi) is 4.61. The Labute approximate surface area is 193 Å². The molecule has 0 aliphatic carbocycles. The van der Waals surface area contributed by atoms with Gasteiger partial charge in [-0.1, -0.05) is 0 Å². The van der Waals surface area contributed by atoms with Crippen LogP contribution in [0.1, 0.15) is 24.5 Å². The first-order chi connectivity index (χ1) is 16.2. The van der Waals surface area contributed by atoms with E-state index in [0.717, 1.165) is 17.8 Å². The minimum absolute atomic E-state index is 0.0680. The van der Waals surface area contributed by atoms with Crippen LogP contribution >= 0.6 is 0 Å². The summed E-state index contributed by atoms with van der Waals surface area (Å²) < 4.78 is 58.8. The second-order valence-electron chi connectivity index (χ2n) is 9.51. The minimum atomic E-state index is -4.72. The lowest BCUT2D eigenvalue weighted by Crippen LogP contribution is -2.57. The summed E-state index contributed by atoms with van der Waals surface area (Å²) in [5, 5.41) is 11.2. The topological polar surface area (TPSA) is 87.1 Å². The van der Waals surface area contributed by atoms with Crippen molar-refractivity contribution in [3.8, 4) is 6.07 Å². The maximum Gasteiger partial charge on any atom is 0.417 e. The van der Waals surface area contributed by atoms with Gasteiger partial charge in [0, 0.05) is 25.2 Å². The number of carbonyl (C=O) groups is 1. The number of nitrogens with one attached hydrogen (secondary N) is 1. The highest BCUT2D eigenvalue weighted by Gasteiger charge is 2.76. The molecule has 5 atom stereocenters. The van der Waals surface area contributed by atoms with Crippen LogP contribution in [0.25, 0.3) is 0 Å². The number of ether oxygens (including phenoxy) is 3. The molecule has 4 saturated heterocycles. The van der Waals surface area contributed by atoms with Crippen molar-refractivity contribution in [2.75, 3.05) is 37.8 Å². The largest absolute Gasteiger partial charge is 0.417 e. The standard InChI is InChI=1S/C23H23F3N4O4/c1-21-11-16(28-29-5-8-32-9-6-29)22(34-21)4-7-33-20-18(22)17(21)19(31)30(20)14-3-2-13(12-27)15(10-14)23(24,25)26/h2-3,10-11,17-18,20,28H,4-9H2,1H3/t17-,18+,20+,21-,22+/m1/s1. The summed E-state index contributed by atoms with van der Waals surface area (Å²) in [7, 11) is 0. The molecule has 1 aromatic rings. The van der Waals surface area contributed by atoms with Gasteiger partial charge in [-0.25, -0.2) is 5.01 Å². The van der Waals surface area contributed by atoms with Crippen molar-refractivity contribution in [1.82, 2.24) is 10.4 Å². The van der Waals surface area contributed by atoms with Crippen molar-refractivity contribution in [3.63, 3.8) is 0 Å². The molecule has 5 aliphatic rings. The molecular weight excluding hydrogens is 453 g/mol. The molecule has 6 rings (SSSR count). The molecule has 8 nitrogen and oxygen atoms in total. The summed E-state index contributed by atoms with van der Waals surface area (Å²) in [5.41, 5.74) is 1.16. The Morgan fingerprint density at radius 2 is 2.00 bits per heavy atom. The van der Waals surface area contributed by atoms with E-state index in [1.807, 2.05) is 13.0 Å². The van der Waals surface area contributed by atoms with E-state index in [0.29, 0.717) is 32.7 Å². The highest BCUT2D eigenvalue weighted by molar-refractivity contribution is 6.00. The van der Waals surface area contributed by atoms with Crippen molar-refractivity contribution in [2.45, 2.75) is 37.0 Å². The fourth-order valence-electron chi connectivity index (χ4n) is 6.26. The lowest BCUT2D eigenvalue weighted by molar-refractivity contribution is -0.139. The van der Waals surface area contributed by atoms with Crippen LogP contribution in [-0.4, -0.2) is 61.3 Å². The van der Waals surface area contributed by atoms with Crippen molar-refractivity contribution >= 4 is 11.6 Å². The summed E-state index contributed by atoms with van der Waals surface area (Å²) in [5.74, 6) is -1.30. The van der Waals surface area contributed by atoms with E-state index >= 15 is 0 Å².